The summed E-state index contributed by atoms with van der Waals surface area (Å²) in [5.74, 6) is 1.64. The second-order valence-electron chi connectivity index (χ2n) is 12.3. The van der Waals surface area contributed by atoms with Crippen molar-refractivity contribution in [3.63, 3.8) is 0 Å². The van der Waals surface area contributed by atoms with Crippen molar-refractivity contribution in [1.82, 2.24) is 24.4 Å². The maximum Gasteiger partial charge on any atom is 0.410 e. The standard InChI is InChI=1S/C29H50N6O4/c1-20(2)12-11-13-21(3)38-26-32-24(30)23-25(33-26)35(27(31-23)37-7)17-10-8-9-14-22-15-18-34(19-16-22)28(36)39-29(4,5)6/h20-22H,8-19H2,1-7H3,(H2,30,32,33)/t21-/m0/s1. The first-order chi connectivity index (χ1) is 18.5. The number of aromatic nitrogens is 4. The number of amides is 1. The van der Waals surface area contributed by atoms with Gasteiger partial charge in [0.15, 0.2) is 17.0 Å². The molecule has 0 aromatic carbocycles. The number of carbonyl (C=O) groups is 1. The molecule has 0 spiro atoms. The molecule has 1 saturated heterocycles. The molecule has 10 heteroatoms. The Morgan fingerprint density at radius 3 is 2.38 bits per heavy atom. The number of hydrogen-bond acceptors (Lipinski definition) is 8. The molecule has 220 valence electrons. The Morgan fingerprint density at radius 1 is 1.03 bits per heavy atom. The van der Waals surface area contributed by atoms with E-state index in [2.05, 4.69) is 28.8 Å². The van der Waals surface area contributed by atoms with Crippen LogP contribution in [-0.4, -0.2) is 62.4 Å². The van der Waals surface area contributed by atoms with Crippen molar-refractivity contribution in [3.8, 4) is 12.0 Å². The first kappa shape index (κ1) is 30.8. The van der Waals surface area contributed by atoms with Crippen molar-refractivity contribution in [3.05, 3.63) is 0 Å². The van der Waals surface area contributed by atoms with Crippen LogP contribution in [0.2, 0.25) is 0 Å². The first-order valence-electron chi connectivity index (χ1n) is 14.7. The van der Waals surface area contributed by atoms with Gasteiger partial charge in [0.25, 0.3) is 6.01 Å². The lowest BCUT2D eigenvalue weighted by Crippen LogP contribution is -2.41. The zero-order valence-electron chi connectivity index (χ0n) is 25.2. The number of methoxy groups -OCH3 is 1. The average molecular weight is 547 g/mol. The molecule has 3 heterocycles. The third-order valence-electron chi connectivity index (χ3n) is 7.21. The van der Waals surface area contributed by atoms with Gasteiger partial charge in [-0.25, -0.2) is 4.79 Å². The van der Waals surface area contributed by atoms with Crippen molar-refractivity contribution in [1.29, 1.82) is 0 Å². The fourth-order valence-electron chi connectivity index (χ4n) is 5.05. The van der Waals surface area contributed by atoms with Gasteiger partial charge >= 0.3 is 12.1 Å². The van der Waals surface area contributed by atoms with Crippen LogP contribution in [0.4, 0.5) is 10.6 Å². The SMILES string of the molecule is COc1nc2c(N)nc(O[C@@H](C)CCCC(C)C)nc2n1CCCCCC1CCN(C(=O)OC(C)(C)C)CC1. The normalized spacial score (nSPS) is 15.6. The third kappa shape index (κ3) is 9.42. The van der Waals surface area contributed by atoms with E-state index in [1.54, 1.807) is 7.11 Å². The number of carbonyl (C=O) groups excluding carboxylic acids is 1. The number of hydrogen-bond donors (Lipinski definition) is 1. The molecule has 0 aliphatic carbocycles. The number of piperidine rings is 1. The lowest BCUT2D eigenvalue weighted by atomic mass is 9.91. The number of nitrogen functional groups attached to an aromatic ring is 1. The monoisotopic (exact) mass is 546 g/mol. The van der Waals surface area contributed by atoms with Crippen LogP contribution in [0.25, 0.3) is 11.2 Å². The highest BCUT2D eigenvalue weighted by molar-refractivity contribution is 5.83. The largest absolute Gasteiger partial charge is 0.468 e. The highest BCUT2D eigenvalue weighted by Gasteiger charge is 2.26. The lowest BCUT2D eigenvalue weighted by Gasteiger charge is -2.33. The summed E-state index contributed by atoms with van der Waals surface area (Å²) < 4.78 is 19.0. The molecule has 2 aromatic rings. The number of nitrogens with two attached hydrogens (primary N) is 1. The Labute approximate surface area is 234 Å². The maximum atomic E-state index is 12.3. The molecule has 2 aromatic heterocycles. The average Bonchev–Trinajstić information content (AvgIpc) is 3.21. The van der Waals surface area contributed by atoms with Gasteiger partial charge in [0, 0.05) is 19.6 Å². The summed E-state index contributed by atoms with van der Waals surface area (Å²) in [7, 11) is 1.61. The van der Waals surface area contributed by atoms with Gasteiger partial charge in [-0.3, -0.25) is 4.57 Å². The molecule has 2 N–H and O–H groups in total. The number of ether oxygens (including phenoxy) is 3. The van der Waals surface area contributed by atoms with E-state index in [1.165, 1.54) is 12.8 Å². The Morgan fingerprint density at radius 2 is 1.74 bits per heavy atom. The summed E-state index contributed by atoms with van der Waals surface area (Å²) >= 11 is 0. The molecule has 0 radical (unpaired) electrons. The van der Waals surface area contributed by atoms with Crippen molar-refractivity contribution >= 4 is 23.1 Å². The van der Waals surface area contributed by atoms with Gasteiger partial charge < -0.3 is 24.8 Å². The fraction of sp³-hybridized carbons (Fsp3) is 0.793. The van der Waals surface area contributed by atoms with E-state index >= 15 is 0 Å². The summed E-state index contributed by atoms with van der Waals surface area (Å²) in [6, 6.07) is 0.779. The molecule has 1 aliphatic heterocycles. The smallest absolute Gasteiger partial charge is 0.410 e. The quantitative estimate of drug-likeness (QED) is 0.294. The molecule has 3 rings (SSSR count). The molecule has 10 nitrogen and oxygen atoms in total. The zero-order chi connectivity index (χ0) is 28.6. The summed E-state index contributed by atoms with van der Waals surface area (Å²) in [5.41, 5.74) is 6.98. The van der Waals surface area contributed by atoms with E-state index in [4.69, 9.17) is 19.9 Å². The molecule has 1 atom stereocenters. The van der Waals surface area contributed by atoms with Crippen LogP contribution < -0.4 is 15.2 Å². The Bertz CT molecular complexity index is 1060. The van der Waals surface area contributed by atoms with Crippen molar-refractivity contribution in [2.24, 2.45) is 11.8 Å². The summed E-state index contributed by atoms with van der Waals surface area (Å²) in [4.78, 5) is 27.7. The highest BCUT2D eigenvalue weighted by Crippen LogP contribution is 2.28. The number of anilines is 1. The van der Waals surface area contributed by atoms with E-state index in [0.29, 0.717) is 40.8 Å². The van der Waals surface area contributed by atoms with Crippen molar-refractivity contribution < 1.29 is 19.0 Å². The van der Waals surface area contributed by atoms with Gasteiger partial charge in [0.2, 0.25) is 0 Å². The highest BCUT2D eigenvalue weighted by atomic mass is 16.6. The van der Waals surface area contributed by atoms with Gasteiger partial charge in [-0.1, -0.05) is 39.5 Å². The summed E-state index contributed by atoms with van der Waals surface area (Å²) in [5, 5.41) is 0. The second kappa shape index (κ2) is 14.0. The summed E-state index contributed by atoms with van der Waals surface area (Å²) in [6.45, 7) is 14.5. The number of imidazole rings is 1. The second-order valence-corrected chi connectivity index (χ2v) is 12.3. The van der Waals surface area contributed by atoms with E-state index < -0.39 is 5.60 Å². The van der Waals surface area contributed by atoms with Gasteiger partial charge in [-0.2, -0.15) is 15.0 Å². The summed E-state index contributed by atoms with van der Waals surface area (Å²) in [6.07, 6.45) is 9.49. The van der Waals surface area contributed by atoms with Crippen LogP contribution in [0.15, 0.2) is 0 Å². The number of unbranched alkanes of at least 4 members (excludes halogenated alkanes) is 2. The van der Waals surface area contributed by atoms with E-state index in [-0.39, 0.29) is 12.2 Å². The molecular formula is C29H50N6O4. The molecule has 1 fully saturated rings. The number of rotatable bonds is 13. The van der Waals surface area contributed by atoms with Gasteiger partial charge in [-0.15, -0.1) is 0 Å². The number of aryl methyl sites for hydroxylation is 1. The first-order valence-corrected chi connectivity index (χ1v) is 14.7. The number of fused-ring (bicyclic) bond motifs is 1. The predicted octanol–water partition coefficient (Wildman–Crippen LogP) is 6.22. The van der Waals surface area contributed by atoms with Crippen LogP contribution in [0, 0.1) is 11.8 Å². The molecule has 1 aliphatic rings. The zero-order valence-corrected chi connectivity index (χ0v) is 25.2. The van der Waals surface area contributed by atoms with Gasteiger partial charge in [0.1, 0.15) is 5.60 Å². The van der Waals surface area contributed by atoms with E-state index in [9.17, 15) is 4.79 Å². The van der Waals surface area contributed by atoms with Crippen LogP contribution >= 0.6 is 0 Å². The minimum absolute atomic E-state index is 0.00914. The number of likely N-dealkylation sites (tertiary alicyclic amines) is 1. The lowest BCUT2D eigenvalue weighted by molar-refractivity contribution is 0.0180. The maximum absolute atomic E-state index is 12.3. The molecule has 0 unspecified atom stereocenters. The Kier molecular flexibility index (Phi) is 11.1. The number of nitrogens with zero attached hydrogens (tertiary/aromatic N) is 5. The van der Waals surface area contributed by atoms with Crippen LogP contribution in [0.3, 0.4) is 0 Å². The molecule has 0 bridgehead atoms. The topological polar surface area (TPSA) is 118 Å². The minimum Gasteiger partial charge on any atom is -0.468 e. The molecular weight excluding hydrogens is 496 g/mol. The van der Waals surface area contributed by atoms with Crippen LogP contribution in [0.5, 0.6) is 12.0 Å². The van der Waals surface area contributed by atoms with Gasteiger partial charge in [0.05, 0.1) is 13.2 Å². The van der Waals surface area contributed by atoms with Crippen LogP contribution in [0.1, 0.15) is 99.3 Å². The van der Waals surface area contributed by atoms with Crippen LogP contribution in [-0.2, 0) is 11.3 Å². The third-order valence-corrected chi connectivity index (χ3v) is 7.21. The Hall–Kier alpha value is -2.78. The molecule has 39 heavy (non-hydrogen) atoms. The van der Waals surface area contributed by atoms with Gasteiger partial charge in [-0.05, 0) is 71.6 Å². The van der Waals surface area contributed by atoms with Crippen molar-refractivity contribution in [2.45, 2.75) is 118 Å². The molecule has 0 saturated carbocycles. The predicted molar refractivity (Wildman–Crippen MR) is 154 cm³/mol. The fourth-order valence-corrected chi connectivity index (χ4v) is 5.05. The van der Waals surface area contributed by atoms with E-state index in [1.807, 2.05) is 37.2 Å². The molecule has 1 amide bonds. The Balaban J connectivity index is 1.49. The minimum atomic E-state index is -0.449. The van der Waals surface area contributed by atoms with Crippen molar-refractivity contribution in [2.75, 3.05) is 25.9 Å². The van der Waals surface area contributed by atoms with E-state index in [0.717, 1.165) is 64.6 Å².